The van der Waals surface area contributed by atoms with Crippen molar-refractivity contribution in [2.45, 2.75) is 0 Å². The van der Waals surface area contributed by atoms with Crippen molar-refractivity contribution in [1.82, 2.24) is 0 Å². The molecule has 0 rings (SSSR count). The first kappa shape index (κ1) is 19.5. The standard InChI is InChI=1S/C2H3O8P.Ca.Na.3H/c3-1(4)9-11(7,8)10-2(5)6;;;;;/h(H,3,4)(H,5,6)(H,7,8);;;;;. The van der Waals surface area contributed by atoms with Crippen molar-refractivity contribution in [3.05, 3.63) is 0 Å². The molecule has 0 aliphatic heterocycles. The average Bonchev–Trinajstić information content (AvgIpc) is 1.53. The molecule has 13 heavy (non-hydrogen) atoms. The zero-order valence-corrected chi connectivity index (χ0v) is 5.72. The Hall–Kier alpha value is 0.990. The van der Waals surface area contributed by atoms with Crippen LogP contribution in [0.3, 0.4) is 0 Å². The van der Waals surface area contributed by atoms with Crippen LogP contribution in [-0.2, 0) is 13.6 Å². The van der Waals surface area contributed by atoms with Crippen LogP contribution in [0.2, 0.25) is 0 Å². The van der Waals surface area contributed by atoms with Crippen molar-refractivity contribution in [2.75, 3.05) is 0 Å². The van der Waals surface area contributed by atoms with E-state index in [2.05, 4.69) is 9.05 Å². The Morgan fingerprint density at radius 1 is 1.08 bits per heavy atom. The molecule has 11 heteroatoms. The third-order valence-corrected chi connectivity index (χ3v) is 1.16. The summed E-state index contributed by atoms with van der Waals surface area (Å²) in [5.74, 6) is 0. The van der Waals surface area contributed by atoms with E-state index >= 15 is 0 Å². The van der Waals surface area contributed by atoms with E-state index in [1.54, 1.807) is 0 Å². The van der Waals surface area contributed by atoms with E-state index in [1.165, 1.54) is 0 Å². The predicted octanol–water partition coefficient (Wildman–Crippen LogP) is -1.09. The fourth-order valence-electron chi connectivity index (χ4n) is 0.216. The Kier molecular flexibility index (Phi) is 12.5. The van der Waals surface area contributed by atoms with E-state index in [9.17, 15) is 14.2 Å². The second-order valence-corrected chi connectivity index (χ2v) is 2.49. The number of rotatable bonds is 2. The van der Waals surface area contributed by atoms with Gasteiger partial charge >= 0.3 is 87.4 Å². The number of hydrogen-bond acceptors (Lipinski definition) is 5. The van der Waals surface area contributed by atoms with Crippen molar-refractivity contribution in [2.24, 2.45) is 0 Å². The van der Waals surface area contributed by atoms with Gasteiger partial charge in [-0.15, -0.1) is 0 Å². The maximum absolute atomic E-state index is 10.2. The van der Waals surface area contributed by atoms with Gasteiger partial charge < -0.3 is 19.3 Å². The minimum absolute atomic E-state index is 0. The summed E-state index contributed by atoms with van der Waals surface area (Å²) < 4.78 is 16.5. The van der Waals surface area contributed by atoms with Crippen LogP contribution in [0.4, 0.5) is 9.59 Å². The van der Waals surface area contributed by atoms with Crippen LogP contribution in [0.1, 0.15) is 0 Å². The molecule has 0 atom stereocenters. The van der Waals surface area contributed by atoms with Gasteiger partial charge in [-0.05, 0) is 0 Å². The van der Waals surface area contributed by atoms with Crippen molar-refractivity contribution in [3.63, 3.8) is 0 Å². The molecular weight excluding hydrogens is 246 g/mol. The molecule has 0 aromatic carbocycles. The topological polar surface area (TPSA) is 130 Å². The molecule has 0 unspecified atom stereocenters. The Balaban J connectivity index is -0.000000500. The fraction of sp³-hybridized carbons (Fsp3) is 0. The van der Waals surface area contributed by atoms with E-state index < -0.39 is 20.1 Å². The summed E-state index contributed by atoms with van der Waals surface area (Å²) in [6.07, 6.45) is -4.20. The van der Waals surface area contributed by atoms with Gasteiger partial charge in [-0.25, -0.2) is 14.2 Å². The fourth-order valence-corrected chi connectivity index (χ4v) is 0.648. The van der Waals surface area contributed by atoms with Crippen molar-refractivity contribution < 1.29 is 38.3 Å². The van der Waals surface area contributed by atoms with Gasteiger partial charge in [0.05, 0.1) is 0 Å². The quantitative estimate of drug-likeness (QED) is 0.417. The molecule has 0 aliphatic rings. The van der Waals surface area contributed by atoms with E-state index in [-0.39, 0.29) is 67.3 Å². The van der Waals surface area contributed by atoms with Gasteiger partial charge in [0.25, 0.3) is 0 Å². The van der Waals surface area contributed by atoms with Crippen molar-refractivity contribution in [3.8, 4) is 0 Å². The normalized spacial score (nSPS) is 8.69. The van der Waals surface area contributed by atoms with Gasteiger partial charge in [-0.1, -0.05) is 0 Å². The summed E-state index contributed by atoms with van der Waals surface area (Å²) in [7, 11) is -5.00. The molecule has 0 aromatic rings. The molecule has 0 heterocycles. The average molecular weight is 252 g/mol. The molecule has 70 valence electrons. The van der Waals surface area contributed by atoms with Gasteiger partial charge in [-0.3, -0.25) is 4.89 Å². The summed E-state index contributed by atoms with van der Waals surface area (Å²) in [6.45, 7) is 0. The number of carbonyl (C=O) groups is 2. The van der Waals surface area contributed by atoms with E-state index in [4.69, 9.17) is 15.1 Å². The minimum atomic E-state index is -5.00. The number of phosphoric ester groups is 1. The molecule has 0 spiro atoms. The second-order valence-electron chi connectivity index (χ2n) is 1.18. The van der Waals surface area contributed by atoms with Crippen molar-refractivity contribution in [1.29, 1.82) is 0 Å². The summed E-state index contributed by atoms with van der Waals surface area (Å²) in [6, 6.07) is 0. The zero-order chi connectivity index (χ0) is 9.07. The first-order chi connectivity index (χ1) is 4.83. The monoisotopic (exact) mass is 252 g/mol. The molecule has 0 saturated carbocycles. The number of carboxylic acid groups (broad SMARTS) is 2. The Bertz CT molecular complexity index is 208. The van der Waals surface area contributed by atoms with Gasteiger partial charge in [0.1, 0.15) is 0 Å². The van der Waals surface area contributed by atoms with Crippen LogP contribution in [-0.4, -0.2) is 94.7 Å². The molecule has 0 saturated heterocycles. The summed E-state index contributed by atoms with van der Waals surface area (Å²) in [5.41, 5.74) is 0. The first-order valence-corrected chi connectivity index (χ1v) is 3.51. The summed E-state index contributed by atoms with van der Waals surface area (Å²) in [5, 5.41) is 15.5. The Morgan fingerprint density at radius 3 is 1.46 bits per heavy atom. The van der Waals surface area contributed by atoms with Crippen LogP contribution in [0.5, 0.6) is 0 Å². The number of hydrogen-bond donors (Lipinski definition) is 3. The van der Waals surface area contributed by atoms with Crippen LogP contribution in [0.25, 0.3) is 0 Å². The van der Waals surface area contributed by atoms with Crippen LogP contribution in [0.15, 0.2) is 0 Å². The molecule has 0 amide bonds. The summed E-state index contributed by atoms with van der Waals surface area (Å²) >= 11 is 0. The second kappa shape index (κ2) is 8.31. The van der Waals surface area contributed by atoms with Crippen molar-refractivity contribution >= 4 is 87.4 Å². The Morgan fingerprint density at radius 2 is 1.31 bits per heavy atom. The first-order valence-electron chi connectivity index (χ1n) is 2.01. The van der Waals surface area contributed by atoms with Gasteiger partial charge in [-0.2, -0.15) is 0 Å². The predicted molar refractivity (Wildman–Crippen MR) is 43.7 cm³/mol. The zero-order valence-electron chi connectivity index (χ0n) is 4.83. The van der Waals surface area contributed by atoms with Gasteiger partial charge in [0.15, 0.2) is 0 Å². The van der Waals surface area contributed by atoms with E-state index in [0.29, 0.717) is 0 Å². The van der Waals surface area contributed by atoms with Gasteiger partial charge in [0, 0.05) is 0 Å². The summed E-state index contributed by atoms with van der Waals surface area (Å²) in [4.78, 5) is 27.3. The van der Waals surface area contributed by atoms with Crippen LogP contribution < -0.4 is 0 Å². The van der Waals surface area contributed by atoms with Gasteiger partial charge in [0.2, 0.25) is 0 Å². The molecule has 0 aromatic heterocycles. The molecular formula is C2H6CaNaO8P. The third-order valence-electron chi connectivity index (χ3n) is 0.387. The van der Waals surface area contributed by atoms with Crippen LogP contribution >= 0.6 is 7.82 Å². The molecule has 3 N–H and O–H groups in total. The maximum atomic E-state index is 10.2. The SMILES string of the molecule is O=C(O)OP(=O)(O)OC(=O)O.[CaH2].[NaH]. The third kappa shape index (κ3) is 13.0. The van der Waals surface area contributed by atoms with E-state index in [0.717, 1.165) is 0 Å². The van der Waals surface area contributed by atoms with E-state index in [1.807, 2.05) is 0 Å². The molecule has 0 aliphatic carbocycles. The molecule has 8 nitrogen and oxygen atoms in total. The number of phosphoric acid groups is 1. The molecule has 0 radical (unpaired) electrons. The van der Waals surface area contributed by atoms with Crippen LogP contribution in [0, 0.1) is 0 Å². The molecule has 0 bridgehead atoms. The molecule has 0 fully saturated rings. The Labute approximate surface area is 124 Å².